The molecule has 5 heteroatoms. The molecule has 0 aliphatic rings. The third-order valence-electron chi connectivity index (χ3n) is 2.45. The van der Waals surface area contributed by atoms with E-state index in [2.05, 4.69) is 37.2 Å². The Morgan fingerprint density at radius 3 is 2.63 bits per heavy atom. The third-order valence-corrected chi connectivity index (χ3v) is 3.64. The molecule has 0 saturated heterocycles. The molecule has 0 heterocycles. The molecule has 0 aromatic heterocycles. The highest BCUT2D eigenvalue weighted by Crippen LogP contribution is 2.22. The van der Waals surface area contributed by atoms with Crippen molar-refractivity contribution >= 4 is 49.7 Å². The number of amides is 1. The number of nitrogens with one attached hydrogen (secondary N) is 1. The summed E-state index contributed by atoms with van der Waals surface area (Å²) in [6.07, 6.45) is 0.741. The second-order valence-corrected chi connectivity index (χ2v) is 5.59. The van der Waals surface area contributed by atoms with E-state index in [1.54, 1.807) is 36.4 Å². The lowest BCUT2D eigenvalue weighted by Gasteiger charge is -2.07. The molecule has 2 aromatic rings. The van der Waals surface area contributed by atoms with Gasteiger partial charge in [-0.05, 0) is 46.3 Å². The van der Waals surface area contributed by atoms with Crippen LogP contribution in [0.3, 0.4) is 0 Å². The van der Waals surface area contributed by atoms with Crippen LogP contribution >= 0.6 is 31.9 Å². The summed E-state index contributed by atoms with van der Waals surface area (Å²) in [5.41, 5.74) is 1.62. The molecule has 0 aliphatic heterocycles. The molecule has 3 nitrogen and oxygen atoms in total. The second-order valence-electron chi connectivity index (χ2n) is 3.82. The van der Waals surface area contributed by atoms with E-state index in [1.807, 2.05) is 6.07 Å². The molecule has 1 N–H and O–H groups in total. The predicted molar refractivity (Wildman–Crippen MR) is 81.6 cm³/mol. The number of hydrogen-bond donors (Lipinski definition) is 1. The number of anilines is 1. The number of aldehydes is 1. The Bertz CT molecular complexity index is 641. The van der Waals surface area contributed by atoms with Crippen LogP contribution in [-0.4, -0.2) is 12.2 Å². The molecule has 0 saturated carbocycles. The molecule has 0 atom stereocenters. The van der Waals surface area contributed by atoms with E-state index in [1.165, 1.54) is 0 Å². The highest BCUT2D eigenvalue weighted by atomic mass is 79.9. The Labute approximate surface area is 127 Å². The minimum atomic E-state index is -0.240. The van der Waals surface area contributed by atoms with E-state index < -0.39 is 0 Å². The Morgan fingerprint density at radius 2 is 1.89 bits per heavy atom. The van der Waals surface area contributed by atoms with Gasteiger partial charge >= 0.3 is 0 Å². The summed E-state index contributed by atoms with van der Waals surface area (Å²) in [5.74, 6) is -0.240. The molecule has 0 radical (unpaired) electrons. The van der Waals surface area contributed by atoms with E-state index >= 15 is 0 Å². The zero-order valence-corrected chi connectivity index (χ0v) is 12.9. The van der Waals surface area contributed by atoms with Crippen LogP contribution in [0.2, 0.25) is 0 Å². The predicted octanol–water partition coefficient (Wildman–Crippen LogP) is 4.28. The number of benzene rings is 2. The third kappa shape index (κ3) is 3.52. The van der Waals surface area contributed by atoms with Crippen LogP contribution in [0.1, 0.15) is 20.7 Å². The summed E-state index contributed by atoms with van der Waals surface area (Å²) in [7, 11) is 0. The molecular formula is C14H9Br2NO2. The quantitative estimate of drug-likeness (QED) is 0.805. The Morgan fingerprint density at radius 1 is 1.11 bits per heavy atom. The van der Waals surface area contributed by atoms with Crippen molar-refractivity contribution in [2.45, 2.75) is 0 Å². The van der Waals surface area contributed by atoms with Crippen molar-refractivity contribution in [3.8, 4) is 0 Å². The molecule has 2 aromatic carbocycles. The topological polar surface area (TPSA) is 46.2 Å². The first-order valence-corrected chi connectivity index (χ1v) is 7.00. The highest BCUT2D eigenvalue weighted by molar-refractivity contribution is 9.11. The van der Waals surface area contributed by atoms with Gasteiger partial charge in [0.15, 0.2) is 0 Å². The number of hydrogen-bond acceptors (Lipinski definition) is 2. The van der Waals surface area contributed by atoms with Gasteiger partial charge in [0.25, 0.3) is 5.91 Å². The van der Waals surface area contributed by atoms with Gasteiger partial charge in [-0.3, -0.25) is 9.59 Å². The smallest absolute Gasteiger partial charge is 0.256 e. The largest absolute Gasteiger partial charge is 0.322 e. The standard InChI is InChI=1S/C14H9Br2NO2/c15-10-4-5-13(16)12(7-10)14(19)17-11-3-1-2-9(6-11)8-18/h1-8H,(H,17,19). The van der Waals surface area contributed by atoms with Crippen LogP contribution < -0.4 is 5.32 Å². The van der Waals surface area contributed by atoms with Crippen LogP contribution in [-0.2, 0) is 0 Å². The average Bonchev–Trinajstić information content (AvgIpc) is 2.41. The Kier molecular flexibility index (Phi) is 4.50. The number of rotatable bonds is 3. The molecule has 0 bridgehead atoms. The lowest BCUT2D eigenvalue weighted by Crippen LogP contribution is -2.12. The maximum Gasteiger partial charge on any atom is 0.256 e. The van der Waals surface area contributed by atoms with Gasteiger partial charge < -0.3 is 5.32 Å². The van der Waals surface area contributed by atoms with Gasteiger partial charge in [-0.1, -0.05) is 28.1 Å². The van der Waals surface area contributed by atoms with Crippen LogP contribution in [0, 0.1) is 0 Å². The summed E-state index contributed by atoms with van der Waals surface area (Å²) in [6, 6.07) is 12.1. The first kappa shape index (κ1) is 14.0. The van der Waals surface area contributed by atoms with Crippen molar-refractivity contribution in [2.75, 3.05) is 5.32 Å². The maximum absolute atomic E-state index is 12.1. The first-order valence-electron chi connectivity index (χ1n) is 5.42. The van der Waals surface area contributed by atoms with E-state index in [0.717, 1.165) is 10.8 Å². The van der Waals surface area contributed by atoms with Crippen molar-refractivity contribution < 1.29 is 9.59 Å². The number of carbonyl (C=O) groups excluding carboxylic acids is 2. The fourth-order valence-corrected chi connectivity index (χ4v) is 2.35. The van der Waals surface area contributed by atoms with Crippen LogP contribution in [0.4, 0.5) is 5.69 Å². The molecular weight excluding hydrogens is 374 g/mol. The van der Waals surface area contributed by atoms with Crippen LogP contribution in [0.5, 0.6) is 0 Å². The Balaban J connectivity index is 2.25. The van der Waals surface area contributed by atoms with Crippen molar-refractivity contribution in [1.29, 1.82) is 0 Å². The minimum Gasteiger partial charge on any atom is -0.322 e. The molecule has 0 aliphatic carbocycles. The van der Waals surface area contributed by atoms with Crippen LogP contribution in [0.15, 0.2) is 51.4 Å². The monoisotopic (exact) mass is 381 g/mol. The van der Waals surface area contributed by atoms with Crippen LogP contribution in [0.25, 0.3) is 0 Å². The minimum absolute atomic E-state index is 0.240. The lowest BCUT2D eigenvalue weighted by atomic mass is 10.2. The van der Waals surface area contributed by atoms with Crippen molar-refractivity contribution in [2.24, 2.45) is 0 Å². The summed E-state index contributed by atoms with van der Waals surface area (Å²) in [6.45, 7) is 0. The summed E-state index contributed by atoms with van der Waals surface area (Å²) in [5, 5.41) is 2.75. The molecule has 2 rings (SSSR count). The van der Waals surface area contributed by atoms with Gasteiger partial charge in [-0.2, -0.15) is 0 Å². The van der Waals surface area contributed by atoms with E-state index in [0.29, 0.717) is 21.3 Å². The van der Waals surface area contributed by atoms with Gasteiger partial charge in [0.05, 0.1) is 5.56 Å². The van der Waals surface area contributed by atoms with E-state index in [9.17, 15) is 9.59 Å². The fraction of sp³-hybridized carbons (Fsp3) is 0. The molecule has 19 heavy (non-hydrogen) atoms. The normalized spacial score (nSPS) is 10.0. The van der Waals surface area contributed by atoms with Crippen molar-refractivity contribution in [1.82, 2.24) is 0 Å². The molecule has 0 spiro atoms. The SMILES string of the molecule is O=Cc1cccc(NC(=O)c2cc(Br)ccc2Br)c1. The summed E-state index contributed by atoms with van der Waals surface area (Å²) < 4.78 is 1.53. The van der Waals surface area contributed by atoms with Crippen molar-refractivity contribution in [3.05, 3.63) is 62.5 Å². The van der Waals surface area contributed by atoms with Gasteiger partial charge in [-0.25, -0.2) is 0 Å². The first-order chi connectivity index (χ1) is 9.10. The molecule has 0 unspecified atom stereocenters. The Hall–Kier alpha value is -1.46. The van der Waals surface area contributed by atoms with Gasteiger partial charge in [0.1, 0.15) is 6.29 Å². The fourth-order valence-electron chi connectivity index (χ4n) is 1.56. The van der Waals surface area contributed by atoms with E-state index in [-0.39, 0.29) is 5.91 Å². The molecule has 1 amide bonds. The lowest BCUT2D eigenvalue weighted by molar-refractivity contribution is 0.102. The number of carbonyl (C=O) groups is 2. The highest BCUT2D eigenvalue weighted by Gasteiger charge is 2.11. The molecule has 0 fully saturated rings. The van der Waals surface area contributed by atoms with E-state index in [4.69, 9.17) is 0 Å². The van der Waals surface area contributed by atoms with Gasteiger partial charge in [0, 0.05) is 20.2 Å². The van der Waals surface area contributed by atoms with Gasteiger partial charge in [0.2, 0.25) is 0 Å². The average molecular weight is 383 g/mol. The summed E-state index contributed by atoms with van der Waals surface area (Å²) >= 11 is 6.66. The zero-order chi connectivity index (χ0) is 13.8. The summed E-state index contributed by atoms with van der Waals surface area (Å²) in [4.78, 5) is 22.8. The van der Waals surface area contributed by atoms with Crippen molar-refractivity contribution in [3.63, 3.8) is 0 Å². The molecule has 96 valence electrons. The maximum atomic E-state index is 12.1. The second kappa shape index (κ2) is 6.12. The van der Waals surface area contributed by atoms with Gasteiger partial charge in [-0.15, -0.1) is 0 Å². The number of halogens is 2. The zero-order valence-electron chi connectivity index (χ0n) is 9.69.